The smallest absolute Gasteiger partial charge is 0.441 e. The maximum Gasteiger partial charge on any atom is 0.441 e. The van der Waals surface area contributed by atoms with E-state index in [1.165, 1.54) is 0 Å². The molecule has 0 unspecified atom stereocenters. The quantitative estimate of drug-likeness (QED) is 0.853. The summed E-state index contributed by atoms with van der Waals surface area (Å²) in [5, 5.41) is 0. The molecule has 0 aromatic heterocycles. The highest BCUT2D eigenvalue weighted by Gasteiger charge is 2.18. The van der Waals surface area contributed by atoms with Crippen molar-refractivity contribution < 1.29 is 19.2 Å². The molecular formula is C14H19NO4. The monoisotopic (exact) mass is 265 g/mol. The Morgan fingerprint density at radius 2 is 1.79 bits per heavy atom. The van der Waals surface area contributed by atoms with Crippen LogP contribution in [0.1, 0.15) is 32.8 Å². The van der Waals surface area contributed by atoms with Crippen molar-refractivity contribution in [3.05, 3.63) is 35.9 Å². The van der Waals surface area contributed by atoms with Crippen molar-refractivity contribution in [1.82, 2.24) is 5.48 Å². The van der Waals surface area contributed by atoms with E-state index in [1.54, 1.807) is 0 Å². The van der Waals surface area contributed by atoms with Crippen molar-refractivity contribution in [2.24, 2.45) is 5.41 Å². The van der Waals surface area contributed by atoms with Crippen LogP contribution in [0.15, 0.2) is 30.3 Å². The fourth-order valence-electron chi connectivity index (χ4n) is 1.32. The molecule has 5 heteroatoms. The van der Waals surface area contributed by atoms with E-state index in [-0.39, 0.29) is 18.4 Å². The average molecular weight is 265 g/mol. The highest BCUT2D eigenvalue weighted by atomic mass is 16.7. The Balaban J connectivity index is 2.23. The van der Waals surface area contributed by atoms with E-state index in [1.807, 2.05) is 56.6 Å². The summed E-state index contributed by atoms with van der Waals surface area (Å²) in [6.45, 7) is 5.84. The third-order valence-corrected chi connectivity index (χ3v) is 2.14. The topological polar surface area (TPSA) is 64.6 Å². The predicted molar refractivity (Wildman–Crippen MR) is 69.9 cm³/mol. The number of amides is 1. The minimum absolute atomic E-state index is 0.128. The average Bonchev–Trinajstić information content (AvgIpc) is 2.33. The van der Waals surface area contributed by atoms with Crippen molar-refractivity contribution in [2.75, 3.05) is 0 Å². The maximum atomic E-state index is 11.3. The van der Waals surface area contributed by atoms with Crippen molar-refractivity contribution in [3.8, 4) is 0 Å². The molecule has 0 bridgehead atoms. The van der Waals surface area contributed by atoms with E-state index in [0.29, 0.717) is 0 Å². The molecule has 0 fully saturated rings. The number of hydrogen-bond acceptors (Lipinski definition) is 4. The van der Waals surface area contributed by atoms with Gasteiger partial charge in [-0.1, -0.05) is 51.1 Å². The Morgan fingerprint density at radius 1 is 1.16 bits per heavy atom. The highest BCUT2D eigenvalue weighted by molar-refractivity contribution is 5.73. The maximum absolute atomic E-state index is 11.3. The first-order chi connectivity index (χ1) is 8.87. The van der Waals surface area contributed by atoms with E-state index in [0.717, 1.165) is 5.56 Å². The molecule has 0 aliphatic heterocycles. The molecule has 0 spiro atoms. The van der Waals surface area contributed by atoms with Crippen molar-refractivity contribution >= 4 is 12.1 Å². The first kappa shape index (κ1) is 15.0. The van der Waals surface area contributed by atoms with Crippen molar-refractivity contribution in [1.29, 1.82) is 0 Å². The number of hydrogen-bond donors (Lipinski definition) is 1. The van der Waals surface area contributed by atoms with Crippen LogP contribution in [0.5, 0.6) is 0 Å². The zero-order valence-corrected chi connectivity index (χ0v) is 11.4. The molecule has 5 nitrogen and oxygen atoms in total. The first-order valence-corrected chi connectivity index (χ1v) is 6.03. The minimum atomic E-state index is -0.786. The van der Waals surface area contributed by atoms with Crippen LogP contribution >= 0.6 is 0 Å². The summed E-state index contributed by atoms with van der Waals surface area (Å²) in [6, 6.07) is 9.23. The van der Waals surface area contributed by atoms with Gasteiger partial charge in [0.2, 0.25) is 0 Å². The lowest BCUT2D eigenvalue weighted by atomic mass is 9.93. The second-order valence-corrected chi connectivity index (χ2v) is 5.38. The zero-order chi connectivity index (χ0) is 14.3. The molecule has 0 aliphatic carbocycles. The van der Waals surface area contributed by atoms with Gasteiger partial charge in [-0.15, -0.1) is 5.48 Å². The number of ether oxygens (including phenoxy) is 1. The van der Waals surface area contributed by atoms with Gasteiger partial charge >= 0.3 is 12.1 Å². The molecule has 0 atom stereocenters. The van der Waals surface area contributed by atoms with Crippen LogP contribution in [0.4, 0.5) is 4.79 Å². The number of nitrogens with one attached hydrogen (secondary N) is 1. The van der Waals surface area contributed by atoms with Crippen molar-refractivity contribution in [3.63, 3.8) is 0 Å². The number of hydroxylamine groups is 1. The summed E-state index contributed by atoms with van der Waals surface area (Å²) in [5.74, 6) is -0.496. The lowest BCUT2D eigenvalue weighted by Gasteiger charge is -2.16. The summed E-state index contributed by atoms with van der Waals surface area (Å²) < 4.78 is 4.88. The largest absolute Gasteiger partial charge is 0.443 e. The van der Waals surface area contributed by atoms with E-state index >= 15 is 0 Å². The molecule has 0 saturated carbocycles. The fraction of sp³-hybridized carbons (Fsp3) is 0.429. The van der Waals surface area contributed by atoms with E-state index < -0.39 is 12.1 Å². The molecule has 0 saturated heterocycles. The normalized spacial score (nSPS) is 10.7. The van der Waals surface area contributed by atoms with E-state index in [2.05, 4.69) is 4.84 Å². The van der Waals surface area contributed by atoms with Crippen LogP contribution in [0.25, 0.3) is 0 Å². The van der Waals surface area contributed by atoms with Gasteiger partial charge in [0.05, 0.1) is 6.42 Å². The summed E-state index contributed by atoms with van der Waals surface area (Å²) in [7, 11) is 0. The molecule has 19 heavy (non-hydrogen) atoms. The molecule has 0 aliphatic rings. The van der Waals surface area contributed by atoms with E-state index in [4.69, 9.17) is 4.74 Å². The SMILES string of the molecule is CC(C)(C)CC(=O)ONC(=O)OCc1ccccc1. The third kappa shape index (κ3) is 7.08. The lowest BCUT2D eigenvalue weighted by molar-refractivity contribution is -0.152. The molecular weight excluding hydrogens is 246 g/mol. The van der Waals surface area contributed by atoms with Gasteiger partial charge in [-0.2, -0.15) is 0 Å². The number of rotatable bonds is 3. The molecule has 1 rings (SSSR count). The molecule has 1 N–H and O–H groups in total. The number of benzene rings is 1. The van der Waals surface area contributed by atoms with Crippen molar-refractivity contribution in [2.45, 2.75) is 33.8 Å². The van der Waals surface area contributed by atoms with Gasteiger partial charge in [-0.25, -0.2) is 9.59 Å². The predicted octanol–water partition coefficient (Wildman–Crippen LogP) is 2.81. The van der Waals surface area contributed by atoms with Gasteiger partial charge < -0.3 is 9.57 Å². The standard InChI is InChI=1S/C14H19NO4/c1-14(2,3)9-12(16)19-15-13(17)18-10-11-7-5-4-6-8-11/h4-8H,9-10H2,1-3H3,(H,15,17). The van der Waals surface area contributed by atoms with Gasteiger partial charge in [-0.3, -0.25) is 0 Å². The summed E-state index contributed by atoms with van der Waals surface area (Å²) in [4.78, 5) is 27.2. The summed E-state index contributed by atoms with van der Waals surface area (Å²) >= 11 is 0. The van der Waals surface area contributed by atoms with Crippen LogP contribution in [-0.4, -0.2) is 12.1 Å². The Bertz CT molecular complexity index is 423. The van der Waals surface area contributed by atoms with Gasteiger partial charge in [0.25, 0.3) is 0 Å². The second kappa shape index (κ2) is 6.78. The molecule has 0 heterocycles. The molecule has 104 valence electrons. The van der Waals surface area contributed by atoms with Crippen LogP contribution in [0, 0.1) is 5.41 Å². The number of carbonyl (C=O) groups excluding carboxylic acids is 2. The molecule has 1 amide bonds. The van der Waals surface area contributed by atoms with Gasteiger partial charge in [0.1, 0.15) is 6.61 Å². The Morgan fingerprint density at radius 3 is 2.37 bits per heavy atom. The van der Waals surface area contributed by atoms with Gasteiger partial charge in [-0.05, 0) is 11.0 Å². The second-order valence-electron chi connectivity index (χ2n) is 5.38. The minimum Gasteiger partial charge on any atom is -0.443 e. The van der Waals surface area contributed by atoms with Crippen LogP contribution in [-0.2, 0) is 21.0 Å². The molecule has 1 aromatic rings. The first-order valence-electron chi connectivity index (χ1n) is 6.03. The lowest BCUT2D eigenvalue weighted by Crippen LogP contribution is -2.29. The van der Waals surface area contributed by atoms with Crippen LogP contribution < -0.4 is 5.48 Å². The van der Waals surface area contributed by atoms with E-state index in [9.17, 15) is 9.59 Å². The molecule has 1 aromatic carbocycles. The Kier molecular flexibility index (Phi) is 5.36. The Hall–Kier alpha value is -2.04. The van der Waals surface area contributed by atoms with Gasteiger partial charge in [0, 0.05) is 0 Å². The summed E-state index contributed by atoms with van der Waals surface area (Å²) in [5.41, 5.74) is 2.64. The number of carbonyl (C=O) groups is 2. The Labute approximate surface area is 112 Å². The summed E-state index contributed by atoms with van der Waals surface area (Å²) in [6.07, 6.45) is -0.572. The highest BCUT2D eigenvalue weighted by Crippen LogP contribution is 2.18. The fourth-order valence-corrected chi connectivity index (χ4v) is 1.32. The van der Waals surface area contributed by atoms with Crippen LogP contribution in [0.3, 0.4) is 0 Å². The third-order valence-electron chi connectivity index (χ3n) is 2.14. The zero-order valence-electron chi connectivity index (χ0n) is 11.4. The van der Waals surface area contributed by atoms with Gasteiger partial charge in [0.15, 0.2) is 0 Å². The van der Waals surface area contributed by atoms with Crippen LogP contribution in [0.2, 0.25) is 0 Å². The molecule has 0 radical (unpaired) electrons.